The van der Waals surface area contributed by atoms with E-state index in [-0.39, 0.29) is 0 Å². The number of nitrogens with zero attached hydrogens (tertiary/aromatic N) is 3. The molecule has 0 saturated carbocycles. The Labute approximate surface area is 117 Å². The SMILES string of the molecule is CCCNCc1cnc(N(CC)CC(C)CC)nc1. The van der Waals surface area contributed by atoms with Gasteiger partial charge >= 0.3 is 0 Å². The molecular weight excluding hydrogens is 236 g/mol. The van der Waals surface area contributed by atoms with E-state index < -0.39 is 0 Å². The minimum absolute atomic E-state index is 0.675. The molecule has 0 aliphatic heterocycles. The fourth-order valence-corrected chi connectivity index (χ4v) is 1.87. The molecule has 0 amide bonds. The first-order valence-corrected chi connectivity index (χ1v) is 7.47. The van der Waals surface area contributed by atoms with Crippen molar-refractivity contribution >= 4 is 5.95 Å². The average Bonchev–Trinajstić information content (AvgIpc) is 2.45. The van der Waals surface area contributed by atoms with Crippen molar-refractivity contribution in [3.05, 3.63) is 18.0 Å². The third-order valence-corrected chi connectivity index (χ3v) is 3.34. The highest BCUT2D eigenvalue weighted by Crippen LogP contribution is 2.11. The van der Waals surface area contributed by atoms with Gasteiger partial charge in [0.25, 0.3) is 0 Å². The van der Waals surface area contributed by atoms with Crippen molar-refractivity contribution in [3.8, 4) is 0 Å². The predicted octanol–water partition coefficient (Wildman–Crippen LogP) is 2.85. The molecule has 4 nitrogen and oxygen atoms in total. The maximum Gasteiger partial charge on any atom is 0.225 e. The summed E-state index contributed by atoms with van der Waals surface area (Å²) in [5.74, 6) is 1.52. The highest BCUT2D eigenvalue weighted by Gasteiger charge is 2.10. The summed E-state index contributed by atoms with van der Waals surface area (Å²) in [6.45, 7) is 12.7. The largest absolute Gasteiger partial charge is 0.341 e. The Balaban J connectivity index is 2.57. The van der Waals surface area contributed by atoms with Gasteiger partial charge in [-0.05, 0) is 25.8 Å². The lowest BCUT2D eigenvalue weighted by molar-refractivity contribution is 0.542. The van der Waals surface area contributed by atoms with Gasteiger partial charge in [0.2, 0.25) is 5.95 Å². The normalized spacial score (nSPS) is 12.4. The Kier molecular flexibility index (Phi) is 7.41. The summed E-state index contributed by atoms with van der Waals surface area (Å²) in [7, 11) is 0. The van der Waals surface area contributed by atoms with E-state index in [2.05, 4.69) is 47.9 Å². The van der Waals surface area contributed by atoms with Crippen molar-refractivity contribution in [3.63, 3.8) is 0 Å². The van der Waals surface area contributed by atoms with Crippen molar-refractivity contribution in [1.82, 2.24) is 15.3 Å². The van der Waals surface area contributed by atoms with Crippen LogP contribution in [0.3, 0.4) is 0 Å². The summed E-state index contributed by atoms with van der Waals surface area (Å²) >= 11 is 0. The van der Waals surface area contributed by atoms with Gasteiger partial charge in [-0.15, -0.1) is 0 Å². The van der Waals surface area contributed by atoms with Gasteiger partial charge in [0.05, 0.1) is 0 Å². The van der Waals surface area contributed by atoms with Crippen LogP contribution in [0.4, 0.5) is 5.95 Å². The topological polar surface area (TPSA) is 41.1 Å². The fourth-order valence-electron chi connectivity index (χ4n) is 1.87. The van der Waals surface area contributed by atoms with Crippen LogP contribution in [0.15, 0.2) is 12.4 Å². The molecule has 1 rings (SSSR count). The summed E-state index contributed by atoms with van der Waals surface area (Å²) in [6.07, 6.45) is 6.21. The molecule has 1 aromatic rings. The molecule has 0 fully saturated rings. The Bertz CT molecular complexity index is 337. The molecule has 19 heavy (non-hydrogen) atoms. The lowest BCUT2D eigenvalue weighted by atomic mass is 10.1. The average molecular weight is 264 g/mol. The van der Waals surface area contributed by atoms with Gasteiger partial charge in [-0.25, -0.2) is 9.97 Å². The van der Waals surface area contributed by atoms with Gasteiger partial charge in [-0.2, -0.15) is 0 Å². The summed E-state index contributed by atoms with van der Waals surface area (Å²) in [5.41, 5.74) is 1.15. The molecule has 108 valence electrons. The second-order valence-electron chi connectivity index (χ2n) is 5.12. The van der Waals surface area contributed by atoms with Crippen molar-refractivity contribution in [1.29, 1.82) is 0 Å². The molecule has 1 N–H and O–H groups in total. The highest BCUT2D eigenvalue weighted by molar-refractivity contribution is 5.29. The summed E-state index contributed by atoms with van der Waals surface area (Å²) in [6, 6.07) is 0. The van der Waals surface area contributed by atoms with Crippen molar-refractivity contribution in [2.45, 2.75) is 47.1 Å². The molecule has 1 heterocycles. The molecule has 0 radical (unpaired) electrons. The van der Waals surface area contributed by atoms with Crippen LogP contribution in [0.1, 0.15) is 46.1 Å². The minimum atomic E-state index is 0.675. The third kappa shape index (κ3) is 5.55. The maximum absolute atomic E-state index is 4.49. The fraction of sp³-hybridized carbons (Fsp3) is 0.733. The Hall–Kier alpha value is -1.16. The van der Waals surface area contributed by atoms with E-state index in [1.807, 2.05) is 12.4 Å². The monoisotopic (exact) mass is 264 g/mol. The molecule has 1 atom stereocenters. The van der Waals surface area contributed by atoms with Gasteiger partial charge in [0.1, 0.15) is 0 Å². The molecule has 0 saturated heterocycles. The zero-order valence-electron chi connectivity index (χ0n) is 12.8. The smallest absolute Gasteiger partial charge is 0.225 e. The van der Waals surface area contributed by atoms with Crippen LogP contribution in [0.5, 0.6) is 0 Å². The first kappa shape index (κ1) is 15.9. The summed E-state index contributed by atoms with van der Waals surface area (Å²) in [4.78, 5) is 11.2. The van der Waals surface area contributed by atoms with E-state index in [9.17, 15) is 0 Å². The van der Waals surface area contributed by atoms with Crippen LogP contribution < -0.4 is 10.2 Å². The van der Waals surface area contributed by atoms with Crippen LogP contribution >= 0.6 is 0 Å². The molecule has 0 aromatic carbocycles. The lowest BCUT2D eigenvalue weighted by Gasteiger charge is -2.23. The van der Waals surface area contributed by atoms with Crippen LogP contribution in [-0.4, -0.2) is 29.6 Å². The third-order valence-electron chi connectivity index (χ3n) is 3.34. The van der Waals surface area contributed by atoms with Crippen LogP contribution in [0.25, 0.3) is 0 Å². The number of nitrogens with one attached hydrogen (secondary N) is 1. The van der Waals surface area contributed by atoms with Gasteiger partial charge in [-0.1, -0.05) is 27.2 Å². The summed E-state index contributed by atoms with van der Waals surface area (Å²) in [5, 5.41) is 3.36. The molecule has 0 aliphatic rings. The van der Waals surface area contributed by atoms with E-state index in [0.717, 1.165) is 44.1 Å². The Morgan fingerprint density at radius 2 is 1.89 bits per heavy atom. The van der Waals surface area contributed by atoms with E-state index >= 15 is 0 Å². The number of rotatable bonds is 9. The zero-order chi connectivity index (χ0) is 14.1. The second kappa shape index (κ2) is 8.86. The second-order valence-corrected chi connectivity index (χ2v) is 5.12. The van der Waals surface area contributed by atoms with Gasteiger partial charge in [-0.3, -0.25) is 0 Å². The van der Waals surface area contributed by atoms with E-state index in [1.165, 1.54) is 6.42 Å². The van der Waals surface area contributed by atoms with Crippen molar-refractivity contribution < 1.29 is 0 Å². The standard InChI is InChI=1S/C15H28N4/c1-5-8-16-9-14-10-17-15(18-11-14)19(7-3)12-13(4)6-2/h10-11,13,16H,5-9,12H2,1-4H3. The quantitative estimate of drug-likeness (QED) is 0.696. The Morgan fingerprint density at radius 1 is 1.21 bits per heavy atom. The van der Waals surface area contributed by atoms with Gasteiger partial charge in [0.15, 0.2) is 0 Å². The van der Waals surface area contributed by atoms with Crippen LogP contribution in [-0.2, 0) is 6.54 Å². The predicted molar refractivity (Wildman–Crippen MR) is 81.4 cm³/mol. The Morgan fingerprint density at radius 3 is 2.42 bits per heavy atom. The molecule has 0 aliphatic carbocycles. The number of hydrogen-bond acceptors (Lipinski definition) is 4. The molecule has 1 aromatic heterocycles. The van der Waals surface area contributed by atoms with Crippen molar-refractivity contribution in [2.75, 3.05) is 24.5 Å². The summed E-state index contributed by atoms with van der Waals surface area (Å²) < 4.78 is 0. The van der Waals surface area contributed by atoms with E-state index in [4.69, 9.17) is 0 Å². The van der Waals surface area contributed by atoms with E-state index in [0.29, 0.717) is 5.92 Å². The molecule has 1 unspecified atom stereocenters. The first-order valence-electron chi connectivity index (χ1n) is 7.47. The van der Waals surface area contributed by atoms with Crippen molar-refractivity contribution in [2.24, 2.45) is 5.92 Å². The molecule has 0 bridgehead atoms. The van der Waals surface area contributed by atoms with Gasteiger partial charge in [0, 0.05) is 37.6 Å². The number of hydrogen-bond donors (Lipinski definition) is 1. The number of aromatic nitrogens is 2. The van der Waals surface area contributed by atoms with E-state index in [1.54, 1.807) is 0 Å². The number of anilines is 1. The first-order chi connectivity index (χ1) is 9.21. The van der Waals surface area contributed by atoms with Crippen LogP contribution in [0, 0.1) is 5.92 Å². The lowest BCUT2D eigenvalue weighted by Crippen LogP contribution is -2.29. The highest BCUT2D eigenvalue weighted by atomic mass is 15.2. The molecule has 4 heteroatoms. The van der Waals surface area contributed by atoms with Gasteiger partial charge < -0.3 is 10.2 Å². The zero-order valence-corrected chi connectivity index (χ0v) is 12.8. The maximum atomic E-state index is 4.49. The molecule has 0 spiro atoms. The minimum Gasteiger partial charge on any atom is -0.341 e. The van der Waals surface area contributed by atoms with Crippen LogP contribution in [0.2, 0.25) is 0 Å². The molecular formula is C15H28N4.